The van der Waals surface area contributed by atoms with Crippen molar-refractivity contribution in [3.63, 3.8) is 0 Å². The molecule has 5 heteroatoms. The Hall–Kier alpha value is -1.26. The van der Waals surface area contributed by atoms with E-state index in [0.29, 0.717) is 6.54 Å². The van der Waals surface area contributed by atoms with Crippen LogP contribution in [0.3, 0.4) is 0 Å². The highest BCUT2D eigenvalue weighted by atomic mass is 35.5. The molecule has 1 saturated heterocycles. The van der Waals surface area contributed by atoms with Crippen LogP contribution < -0.4 is 10.6 Å². The van der Waals surface area contributed by atoms with Crippen LogP contribution in [0.4, 0.5) is 0 Å². The molecule has 126 valence electrons. The van der Waals surface area contributed by atoms with Crippen molar-refractivity contribution in [2.24, 2.45) is 10.9 Å². The van der Waals surface area contributed by atoms with Gasteiger partial charge in [0.05, 0.1) is 6.54 Å². The van der Waals surface area contributed by atoms with Gasteiger partial charge in [-0.05, 0) is 50.3 Å². The van der Waals surface area contributed by atoms with Crippen molar-refractivity contribution in [2.75, 3.05) is 26.2 Å². The molecule has 1 atom stereocenters. The highest BCUT2D eigenvalue weighted by Crippen LogP contribution is 2.31. The van der Waals surface area contributed by atoms with Crippen molar-refractivity contribution in [1.29, 1.82) is 0 Å². The lowest BCUT2D eigenvalue weighted by atomic mass is 10.1. The number of nitrogens with one attached hydrogen (secondary N) is 2. The highest BCUT2D eigenvalue weighted by Gasteiger charge is 2.34. The van der Waals surface area contributed by atoms with Crippen LogP contribution in [-0.2, 0) is 6.54 Å². The predicted molar refractivity (Wildman–Crippen MR) is 97.0 cm³/mol. The average Bonchev–Trinajstić information content (AvgIpc) is 3.30. The Kier molecular flexibility index (Phi) is 5.79. The van der Waals surface area contributed by atoms with Crippen LogP contribution in [0.25, 0.3) is 0 Å². The molecule has 1 saturated carbocycles. The summed E-state index contributed by atoms with van der Waals surface area (Å²) in [5.74, 6) is 1.62. The van der Waals surface area contributed by atoms with Crippen LogP contribution in [0.1, 0.15) is 31.7 Å². The molecule has 1 aromatic carbocycles. The van der Waals surface area contributed by atoms with Gasteiger partial charge in [0, 0.05) is 30.7 Å². The average molecular weight is 335 g/mol. The number of nitrogens with zero attached hydrogens (tertiary/aromatic N) is 2. The van der Waals surface area contributed by atoms with Gasteiger partial charge in [-0.25, -0.2) is 4.99 Å². The molecule has 1 unspecified atom stereocenters. The summed E-state index contributed by atoms with van der Waals surface area (Å²) >= 11 is 6.20. The van der Waals surface area contributed by atoms with Gasteiger partial charge in [-0.3, -0.25) is 0 Å². The largest absolute Gasteiger partial charge is 0.357 e. The fraction of sp³-hybridized carbons (Fsp3) is 0.611. The summed E-state index contributed by atoms with van der Waals surface area (Å²) in [5, 5.41) is 7.61. The molecule has 2 aliphatic rings. The topological polar surface area (TPSA) is 39.7 Å². The summed E-state index contributed by atoms with van der Waals surface area (Å²) in [5.41, 5.74) is 1.06. The second kappa shape index (κ2) is 8.02. The van der Waals surface area contributed by atoms with Gasteiger partial charge in [-0.1, -0.05) is 29.8 Å². The van der Waals surface area contributed by atoms with Crippen molar-refractivity contribution >= 4 is 17.6 Å². The number of likely N-dealkylation sites (tertiary alicyclic amines) is 1. The van der Waals surface area contributed by atoms with E-state index in [1.165, 1.54) is 32.4 Å². The van der Waals surface area contributed by atoms with Gasteiger partial charge in [0.25, 0.3) is 0 Å². The summed E-state index contributed by atoms with van der Waals surface area (Å²) in [6.07, 6.45) is 4.11. The van der Waals surface area contributed by atoms with E-state index < -0.39 is 0 Å². The lowest BCUT2D eigenvalue weighted by Gasteiger charge is -2.17. The van der Waals surface area contributed by atoms with Crippen molar-refractivity contribution < 1.29 is 0 Å². The third-order valence-corrected chi connectivity index (χ3v) is 5.02. The number of benzene rings is 1. The second-order valence-electron chi connectivity index (χ2n) is 6.55. The molecule has 4 nitrogen and oxygen atoms in total. The smallest absolute Gasteiger partial charge is 0.191 e. The van der Waals surface area contributed by atoms with Crippen molar-refractivity contribution in [3.8, 4) is 0 Å². The van der Waals surface area contributed by atoms with E-state index in [1.54, 1.807) is 0 Å². The molecule has 1 heterocycles. The molecule has 3 rings (SSSR count). The molecule has 2 N–H and O–H groups in total. The SMILES string of the molecule is CCNC(=NCc1ccccc1Cl)NCC1CCN(C2CC2)C1. The quantitative estimate of drug-likeness (QED) is 0.620. The number of guanidine groups is 1. The zero-order chi connectivity index (χ0) is 16.1. The number of hydrogen-bond acceptors (Lipinski definition) is 2. The van der Waals surface area contributed by atoms with Gasteiger partial charge >= 0.3 is 0 Å². The van der Waals surface area contributed by atoms with Crippen molar-refractivity contribution in [1.82, 2.24) is 15.5 Å². The monoisotopic (exact) mass is 334 g/mol. The van der Waals surface area contributed by atoms with Crippen LogP contribution in [-0.4, -0.2) is 43.1 Å². The zero-order valence-electron chi connectivity index (χ0n) is 13.9. The molecule has 0 aromatic heterocycles. The molecule has 1 aromatic rings. The Morgan fingerprint density at radius 3 is 2.83 bits per heavy atom. The summed E-state index contributed by atoms with van der Waals surface area (Å²) < 4.78 is 0. The first-order valence-corrected chi connectivity index (χ1v) is 9.13. The van der Waals surface area contributed by atoms with E-state index in [0.717, 1.165) is 41.6 Å². The minimum absolute atomic E-state index is 0.605. The van der Waals surface area contributed by atoms with Crippen LogP contribution in [0, 0.1) is 5.92 Å². The minimum atomic E-state index is 0.605. The van der Waals surface area contributed by atoms with E-state index in [-0.39, 0.29) is 0 Å². The highest BCUT2D eigenvalue weighted by molar-refractivity contribution is 6.31. The van der Waals surface area contributed by atoms with E-state index in [9.17, 15) is 0 Å². The Morgan fingerprint density at radius 2 is 2.09 bits per heavy atom. The molecular weight excluding hydrogens is 308 g/mol. The van der Waals surface area contributed by atoms with E-state index in [4.69, 9.17) is 11.6 Å². The Bertz CT molecular complexity index is 542. The van der Waals surface area contributed by atoms with E-state index in [2.05, 4.69) is 27.4 Å². The van der Waals surface area contributed by atoms with Gasteiger partial charge in [-0.15, -0.1) is 0 Å². The van der Waals surface area contributed by atoms with E-state index >= 15 is 0 Å². The maximum Gasteiger partial charge on any atom is 0.191 e. The molecule has 0 amide bonds. The van der Waals surface area contributed by atoms with Gasteiger partial charge < -0.3 is 15.5 Å². The molecule has 2 fully saturated rings. The van der Waals surface area contributed by atoms with Gasteiger partial charge in [-0.2, -0.15) is 0 Å². The molecule has 0 bridgehead atoms. The van der Waals surface area contributed by atoms with Crippen LogP contribution in [0.15, 0.2) is 29.3 Å². The van der Waals surface area contributed by atoms with Crippen molar-refractivity contribution in [2.45, 2.75) is 38.8 Å². The summed E-state index contributed by atoms with van der Waals surface area (Å²) in [6, 6.07) is 8.78. The molecule has 0 spiro atoms. The van der Waals surface area contributed by atoms with Crippen LogP contribution in [0.2, 0.25) is 5.02 Å². The fourth-order valence-corrected chi connectivity index (χ4v) is 3.37. The first-order chi connectivity index (χ1) is 11.3. The lowest BCUT2D eigenvalue weighted by molar-refractivity contribution is 0.314. The summed E-state index contributed by atoms with van der Waals surface area (Å²) in [7, 11) is 0. The third-order valence-electron chi connectivity index (χ3n) is 4.65. The van der Waals surface area contributed by atoms with Gasteiger partial charge in [0.15, 0.2) is 5.96 Å². The van der Waals surface area contributed by atoms with Gasteiger partial charge in [0.1, 0.15) is 0 Å². The molecule has 0 radical (unpaired) electrons. The number of aliphatic imine (C=N–C) groups is 1. The predicted octanol–water partition coefficient (Wildman–Crippen LogP) is 2.88. The first-order valence-electron chi connectivity index (χ1n) is 8.76. The number of rotatable bonds is 6. The minimum Gasteiger partial charge on any atom is -0.357 e. The molecule has 23 heavy (non-hydrogen) atoms. The zero-order valence-corrected chi connectivity index (χ0v) is 14.6. The first kappa shape index (κ1) is 16.6. The number of halogens is 1. The fourth-order valence-electron chi connectivity index (χ4n) is 3.17. The maximum absolute atomic E-state index is 6.20. The Morgan fingerprint density at radius 1 is 1.26 bits per heavy atom. The normalized spacial score (nSPS) is 22.3. The second-order valence-corrected chi connectivity index (χ2v) is 6.96. The number of hydrogen-bond donors (Lipinski definition) is 2. The maximum atomic E-state index is 6.20. The molecule has 1 aliphatic heterocycles. The van der Waals surface area contributed by atoms with Crippen LogP contribution >= 0.6 is 11.6 Å². The summed E-state index contributed by atoms with van der Waals surface area (Å²) in [4.78, 5) is 7.32. The standard InChI is InChI=1S/C18H27ClN4/c1-2-20-18(22-12-15-5-3-4-6-17(15)19)21-11-14-9-10-23(13-14)16-7-8-16/h3-6,14,16H,2,7-13H2,1H3,(H2,20,21,22). The Labute approximate surface area is 144 Å². The Balaban J connectivity index is 1.50. The third kappa shape index (κ3) is 4.85. The molecule has 1 aliphatic carbocycles. The summed E-state index contributed by atoms with van der Waals surface area (Å²) in [6.45, 7) is 7.07. The molecular formula is C18H27ClN4. The van der Waals surface area contributed by atoms with Crippen molar-refractivity contribution in [3.05, 3.63) is 34.9 Å². The van der Waals surface area contributed by atoms with Gasteiger partial charge in [0.2, 0.25) is 0 Å². The lowest BCUT2D eigenvalue weighted by Crippen LogP contribution is -2.40. The van der Waals surface area contributed by atoms with E-state index in [1.807, 2.05) is 24.3 Å². The van der Waals surface area contributed by atoms with Crippen LogP contribution in [0.5, 0.6) is 0 Å².